The Morgan fingerprint density at radius 2 is 2.41 bits per heavy atom. The first-order chi connectivity index (χ1) is 8.08. The number of carbonyl (C=O) groups excluding carboxylic acids is 1. The van der Waals surface area contributed by atoms with Crippen LogP contribution in [0.15, 0.2) is 10.6 Å². The summed E-state index contributed by atoms with van der Waals surface area (Å²) in [5, 5.41) is 15.0. The van der Waals surface area contributed by atoms with E-state index in [4.69, 9.17) is 14.5 Å². The quantitative estimate of drug-likeness (QED) is 0.828. The maximum absolute atomic E-state index is 11.7. The number of amides is 1. The highest BCUT2D eigenvalue weighted by Crippen LogP contribution is 2.06. The van der Waals surface area contributed by atoms with Gasteiger partial charge >= 0.3 is 0 Å². The van der Waals surface area contributed by atoms with Crippen molar-refractivity contribution in [3.8, 4) is 6.07 Å². The summed E-state index contributed by atoms with van der Waals surface area (Å²) >= 11 is 0. The van der Waals surface area contributed by atoms with Crippen LogP contribution in [-0.4, -0.2) is 24.2 Å². The van der Waals surface area contributed by atoms with Crippen molar-refractivity contribution in [2.45, 2.75) is 26.5 Å². The van der Waals surface area contributed by atoms with Crippen molar-refractivity contribution in [2.24, 2.45) is 5.92 Å². The Kier molecular flexibility index (Phi) is 4.67. The smallest absolute Gasteiger partial charge is 0.274 e. The maximum Gasteiger partial charge on any atom is 0.274 e. The minimum absolute atomic E-state index is 0.0364. The van der Waals surface area contributed by atoms with E-state index < -0.39 is 11.9 Å². The lowest BCUT2D eigenvalue weighted by Crippen LogP contribution is -2.37. The number of methoxy groups -OCH3 is 1. The topological polar surface area (TPSA) is 88.1 Å². The molecule has 1 heterocycles. The van der Waals surface area contributed by atoms with Crippen molar-refractivity contribution in [1.82, 2.24) is 10.5 Å². The fourth-order valence-electron chi connectivity index (χ4n) is 1.19. The fourth-order valence-corrected chi connectivity index (χ4v) is 1.19. The highest BCUT2D eigenvalue weighted by molar-refractivity contribution is 5.92. The Morgan fingerprint density at radius 3 is 2.94 bits per heavy atom. The molecule has 1 amide bonds. The molecule has 0 aromatic carbocycles. The third kappa shape index (κ3) is 3.57. The molecule has 0 radical (unpaired) electrons. The van der Waals surface area contributed by atoms with Crippen molar-refractivity contribution in [3.05, 3.63) is 17.5 Å². The van der Waals surface area contributed by atoms with Crippen molar-refractivity contribution in [1.29, 1.82) is 5.26 Å². The van der Waals surface area contributed by atoms with Crippen LogP contribution in [0, 0.1) is 17.2 Å². The molecular weight excluding hydrogens is 222 g/mol. The lowest BCUT2D eigenvalue weighted by molar-refractivity contribution is 0.0927. The van der Waals surface area contributed by atoms with Gasteiger partial charge in [-0.05, 0) is 5.92 Å². The number of aromatic nitrogens is 1. The molecule has 6 nitrogen and oxygen atoms in total. The Labute approximate surface area is 99.5 Å². The number of rotatable bonds is 5. The summed E-state index contributed by atoms with van der Waals surface area (Å²) in [5.74, 6) is 0.0846. The number of nitrogens with zero attached hydrogens (tertiary/aromatic N) is 2. The van der Waals surface area contributed by atoms with Crippen LogP contribution >= 0.6 is 0 Å². The molecule has 1 N–H and O–H groups in total. The SMILES string of the molecule is COCc1cc(C(=O)NC(C#N)C(C)C)no1. The van der Waals surface area contributed by atoms with Crippen LogP contribution in [0.1, 0.15) is 30.1 Å². The zero-order chi connectivity index (χ0) is 12.8. The molecule has 1 rings (SSSR count). The van der Waals surface area contributed by atoms with Crippen molar-refractivity contribution >= 4 is 5.91 Å². The molecule has 17 heavy (non-hydrogen) atoms. The Balaban J connectivity index is 2.66. The summed E-state index contributed by atoms with van der Waals surface area (Å²) in [5.41, 5.74) is 0.151. The number of carbonyl (C=O) groups is 1. The summed E-state index contributed by atoms with van der Waals surface area (Å²) in [6.45, 7) is 3.97. The van der Waals surface area contributed by atoms with Gasteiger partial charge in [0.15, 0.2) is 11.5 Å². The average Bonchev–Trinajstić information content (AvgIpc) is 2.74. The zero-order valence-corrected chi connectivity index (χ0v) is 10.1. The van der Waals surface area contributed by atoms with E-state index >= 15 is 0 Å². The minimum atomic E-state index is -0.537. The van der Waals surface area contributed by atoms with Crippen LogP contribution in [0.4, 0.5) is 0 Å². The van der Waals surface area contributed by atoms with E-state index in [1.165, 1.54) is 13.2 Å². The second kappa shape index (κ2) is 6.01. The molecule has 1 aromatic rings. The fraction of sp³-hybridized carbons (Fsp3) is 0.545. The summed E-state index contributed by atoms with van der Waals surface area (Å²) in [7, 11) is 1.52. The van der Waals surface area contributed by atoms with E-state index in [9.17, 15) is 4.79 Å². The van der Waals surface area contributed by atoms with Crippen LogP contribution < -0.4 is 5.32 Å². The molecule has 1 aromatic heterocycles. The second-order valence-corrected chi connectivity index (χ2v) is 3.94. The van der Waals surface area contributed by atoms with Crippen molar-refractivity contribution in [2.75, 3.05) is 7.11 Å². The lowest BCUT2D eigenvalue weighted by Gasteiger charge is -2.13. The monoisotopic (exact) mass is 237 g/mol. The number of nitriles is 1. The average molecular weight is 237 g/mol. The number of hydrogen-bond acceptors (Lipinski definition) is 5. The molecule has 0 aliphatic carbocycles. The highest BCUT2D eigenvalue weighted by atomic mass is 16.5. The van der Waals surface area contributed by atoms with Crippen LogP contribution in [0.25, 0.3) is 0 Å². The van der Waals surface area contributed by atoms with Gasteiger partial charge in [-0.15, -0.1) is 0 Å². The summed E-state index contributed by atoms with van der Waals surface area (Å²) in [6, 6.07) is 2.98. The molecule has 0 aliphatic rings. The number of hydrogen-bond donors (Lipinski definition) is 1. The second-order valence-electron chi connectivity index (χ2n) is 3.94. The van der Waals surface area contributed by atoms with Crippen LogP contribution in [-0.2, 0) is 11.3 Å². The largest absolute Gasteiger partial charge is 0.377 e. The molecular formula is C11H15N3O3. The van der Waals surface area contributed by atoms with Gasteiger partial charge in [-0.2, -0.15) is 5.26 Å². The molecule has 0 spiro atoms. The van der Waals surface area contributed by atoms with Crippen molar-refractivity contribution in [3.63, 3.8) is 0 Å². The predicted octanol–water partition coefficient (Wildman–Crippen LogP) is 1.10. The molecule has 0 aliphatic heterocycles. The third-order valence-corrected chi connectivity index (χ3v) is 2.17. The van der Waals surface area contributed by atoms with Gasteiger partial charge in [-0.3, -0.25) is 4.79 Å². The molecule has 92 valence electrons. The van der Waals surface area contributed by atoms with Gasteiger partial charge in [0.05, 0.1) is 6.07 Å². The molecule has 0 fully saturated rings. The Hall–Kier alpha value is -1.87. The molecule has 0 saturated carbocycles. The van der Waals surface area contributed by atoms with E-state index in [1.807, 2.05) is 19.9 Å². The first kappa shape index (κ1) is 13.2. The molecule has 1 unspecified atom stereocenters. The van der Waals surface area contributed by atoms with Gasteiger partial charge in [-0.25, -0.2) is 0 Å². The molecule has 0 saturated heterocycles. The van der Waals surface area contributed by atoms with Gasteiger partial charge in [0.25, 0.3) is 5.91 Å². The summed E-state index contributed by atoms with van der Waals surface area (Å²) in [4.78, 5) is 11.7. The molecule has 1 atom stereocenters. The standard InChI is InChI=1S/C11H15N3O3/c1-7(2)10(5-12)13-11(15)9-4-8(6-16-3)17-14-9/h4,7,10H,6H2,1-3H3,(H,13,15). The van der Waals surface area contributed by atoms with E-state index in [0.717, 1.165) is 0 Å². The van der Waals surface area contributed by atoms with Gasteiger partial charge < -0.3 is 14.6 Å². The Morgan fingerprint density at radius 1 is 1.71 bits per heavy atom. The van der Waals surface area contributed by atoms with Gasteiger partial charge in [-0.1, -0.05) is 19.0 Å². The number of nitrogens with one attached hydrogen (secondary N) is 1. The maximum atomic E-state index is 11.7. The van der Waals surface area contributed by atoms with Gasteiger partial charge in [0.1, 0.15) is 12.6 Å². The molecule has 6 heteroatoms. The van der Waals surface area contributed by atoms with E-state index in [-0.39, 0.29) is 18.2 Å². The lowest BCUT2D eigenvalue weighted by atomic mass is 10.1. The van der Waals surface area contributed by atoms with E-state index in [0.29, 0.717) is 5.76 Å². The van der Waals surface area contributed by atoms with Crippen LogP contribution in [0.3, 0.4) is 0 Å². The first-order valence-corrected chi connectivity index (χ1v) is 5.23. The zero-order valence-electron chi connectivity index (χ0n) is 10.1. The minimum Gasteiger partial charge on any atom is -0.377 e. The highest BCUT2D eigenvalue weighted by Gasteiger charge is 2.19. The number of ether oxygens (including phenoxy) is 1. The van der Waals surface area contributed by atoms with Crippen molar-refractivity contribution < 1.29 is 14.1 Å². The first-order valence-electron chi connectivity index (χ1n) is 5.23. The Bertz CT molecular complexity index is 420. The van der Waals surface area contributed by atoms with Crippen LogP contribution in [0.2, 0.25) is 0 Å². The summed E-state index contributed by atoms with van der Waals surface area (Å²) < 4.78 is 9.73. The predicted molar refractivity (Wildman–Crippen MR) is 58.9 cm³/mol. The normalized spacial score (nSPS) is 12.2. The van der Waals surface area contributed by atoms with E-state index in [2.05, 4.69) is 10.5 Å². The van der Waals surface area contributed by atoms with E-state index in [1.54, 1.807) is 0 Å². The van der Waals surface area contributed by atoms with Gasteiger partial charge in [0.2, 0.25) is 0 Å². The van der Waals surface area contributed by atoms with Crippen LogP contribution in [0.5, 0.6) is 0 Å². The van der Waals surface area contributed by atoms with Gasteiger partial charge in [0, 0.05) is 13.2 Å². The summed E-state index contributed by atoms with van der Waals surface area (Å²) in [6.07, 6.45) is 0. The molecule has 0 bridgehead atoms. The third-order valence-electron chi connectivity index (χ3n) is 2.17.